The van der Waals surface area contributed by atoms with E-state index in [9.17, 15) is 0 Å². The number of aromatic hydroxyl groups is 4. The molecule has 8 N–H and O–H groups in total. The van der Waals surface area contributed by atoms with Crippen LogP contribution in [0.25, 0.3) is 0 Å². The van der Waals surface area contributed by atoms with E-state index in [1.165, 1.54) is 18.2 Å². The highest BCUT2D eigenvalue weighted by atomic mass is 16.3. The molecular weight excluding hydrogens is 308 g/mol. The molecule has 0 aliphatic rings. The van der Waals surface area contributed by atoms with Crippen LogP contribution in [0, 0.1) is 0 Å². The van der Waals surface area contributed by atoms with Crippen LogP contribution in [0.1, 0.15) is 0 Å². The second kappa shape index (κ2) is 9.47. The van der Waals surface area contributed by atoms with Gasteiger partial charge in [-0.2, -0.15) is 0 Å². The average Bonchev–Trinajstić information content (AvgIpc) is 2.54. The number of anilines is 2. The Morgan fingerprint density at radius 1 is 0.542 bits per heavy atom. The smallest absolute Gasteiger partial charge is 0.138 e. The summed E-state index contributed by atoms with van der Waals surface area (Å²) >= 11 is 0. The van der Waals surface area contributed by atoms with Crippen molar-refractivity contribution in [3.63, 3.8) is 0 Å². The van der Waals surface area contributed by atoms with Crippen molar-refractivity contribution in [3.8, 4) is 23.0 Å². The van der Waals surface area contributed by atoms with Crippen molar-refractivity contribution >= 4 is 11.4 Å². The van der Waals surface area contributed by atoms with E-state index < -0.39 is 0 Å². The highest BCUT2D eigenvalue weighted by molar-refractivity contribution is 5.50. The standard InChI is InChI=1S/2C6H7NO.C6H6O2/c7-5-1-3-6(8)4-2-5;7-5-3-1-2-4-6(5)8;7-5-2-1-3-6(8)4-5/h2*1-4,8H,7H2;1-4,7-8H. The predicted molar refractivity (Wildman–Crippen MR) is 94.8 cm³/mol. The molecule has 0 aromatic heterocycles. The summed E-state index contributed by atoms with van der Waals surface area (Å²) in [6, 6.07) is 18.9. The lowest BCUT2D eigenvalue weighted by atomic mass is 10.3. The van der Waals surface area contributed by atoms with E-state index >= 15 is 0 Å². The van der Waals surface area contributed by atoms with E-state index in [2.05, 4.69) is 0 Å². The van der Waals surface area contributed by atoms with Gasteiger partial charge in [0.15, 0.2) is 0 Å². The van der Waals surface area contributed by atoms with Gasteiger partial charge in [-0.15, -0.1) is 0 Å². The first kappa shape index (κ1) is 18.5. The van der Waals surface area contributed by atoms with Crippen LogP contribution in [-0.2, 0) is 0 Å². The van der Waals surface area contributed by atoms with Gasteiger partial charge in [-0.1, -0.05) is 18.2 Å². The molecule has 3 rings (SSSR count). The molecule has 0 aliphatic carbocycles. The zero-order chi connectivity index (χ0) is 17.9. The number of nitrogen functional groups attached to an aromatic ring is 2. The van der Waals surface area contributed by atoms with Crippen molar-refractivity contribution in [2.45, 2.75) is 0 Å². The molecule has 0 aliphatic heterocycles. The van der Waals surface area contributed by atoms with E-state index in [4.69, 9.17) is 31.9 Å². The van der Waals surface area contributed by atoms with Crippen molar-refractivity contribution in [2.24, 2.45) is 0 Å². The van der Waals surface area contributed by atoms with Gasteiger partial charge >= 0.3 is 0 Å². The van der Waals surface area contributed by atoms with Gasteiger partial charge in [0.1, 0.15) is 23.0 Å². The Bertz CT molecular complexity index is 687. The molecule has 0 heterocycles. The lowest BCUT2D eigenvalue weighted by molar-refractivity contribution is 0.450. The molecule has 0 unspecified atom stereocenters. The molecule has 0 fully saturated rings. The van der Waals surface area contributed by atoms with Gasteiger partial charge in [-0.05, 0) is 48.5 Å². The number of phenolic OH excluding ortho intramolecular Hbond substituents is 4. The minimum atomic E-state index is 0.0880. The van der Waals surface area contributed by atoms with E-state index in [-0.39, 0.29) is 23.0 Å². The number of rotatable bonds is 0. The van der Waals surface area contributed by atoms with Gasteiger partial charge in [0.25, 0.3) is 0 Å². The van der Waals surface area contributed by atoms with Crippen molar-refractivity contribution < 1.29 is 20.4 Å². The average molecular weight is 328 g/mol. The molecule has 0 atom stereocenters. The van der Waals surface area contributed by atoms with Gasteiger partial charge < -0.3 is 31.9 Å². The summed E-state index contributed by atoms with van der Waals surface area (Å²) in [5.41, 5.74) is 11.7. The van der Waals surface area contributed by atoms with Crippen LogP contribution in [0.15, 0.2) is 72.8 Å². The van der Waals surface area contributed by atoms with Crippen molar-refractivity contribution in [3.05, 3.63) is 72.8 Å². The Kier molecular flexibility index (Phi) is 7.30. The fourth-order valence-corrected chi connectivity index (χ4v) is 1.45. The highest BCUT2D eigenvalue weighted by Gasteiger charge is 1.88. The number of phenols is 4. The number of para-hydroxylation sites is 2. The van der Waals surface area contributed by atoms with E-state index in [0.29, 0.717) is 11.4 Å². The van der Waals surface area contributed by atoms with Crippen LogP contribution in [-0.4, -0.2) is 20.4 Å². The fourth-order valence-electron chi connectivity index (χ4n) is 1.45. The number of benzene rings is 3. The summed E-state index contributed by atoms with van der Waals surface area (Å²) in [6.45, 7) is 0. The van der Waals surface area contributed by atoms with Gasteiger partial charge in [-0.3, -0.25) is 0 Å². The Hall–Kier alpha value is -3.54. The number of hydrogen-bond acceptors (Lipinski definition) is 6. The quantitative estimate of drug-likeness (QED) is 0.213. The summed E-state index contributed by atoms with van der Waals surface area (Å²) in [5, 5.41) is 34.8. The molecule has 6 nitrogen and oxygen atoms in total. The monoisotopic (exact) mass is 328 g/mol. The van der Waals surface area contributed by atoms with Crippen LogP contribution in [0.5, 0.6) is 23.0 Å². The molecule has 0 bridgehead atoms. The Labute approximate surface area is 139 Å². The Morgan fingerprint density at radius 2 is 1.08 bits per heavy atom. The molecule has 0 radical (unpaired) electrons. The zero-order valence-electron chi connectivity index (χ0n) is 12.9. The molecular formula is C18H20N2O4. The lowest BCUT2D eigenvalue weighted by Crippen LogP contribution is -1.82. The molecule has 6 heteroatoms. The second-order valence-electron chi connectivity index (χ2n) is 4.67. The van der Waals surface area contributed by atoms with Crippen molar-refractivity contribution in [1.29, 1.82) is 0 Å². The molecule has 0 saturated heterocycles. The van der Waals surface area contributed by atoms with E-state index in [0.717, 1.165) is 0 Å². The molecule has 3 aromatic rings. The van der Waals surface area contributed by atoms with Gasteiger partial charge in [0.05, 0.1) is 5.69 Å². The van der Waals surface area contributed by atoms with Crippen molar-refractivity contribution in [1.82, 2.24) is 0 Å². The summed E-state index contributed by atoms with van der Waals surface area (Å²) in [7, 11) is 0. The molecule has 126 valence electrons. The SMILES string of the molecule is Nc1ccc(O)cc1.Nc1ccccc1O.Oc1cccc(O)c1. The lowest BCUT2D eigenvalue weighted by Gasteiger charge is -1.92. The molecule has 0 saturated carbocycles. The zero-order valence-corrected chi connectivity index (χ0v) is 12.9. The van der Waals surface area contributed by atoms with E-state index in [1.54, 1.807) is 54.6 Å². The largest absolute Gasteiger partial charge is 0.508 e. The third kappa shape index (κ3) is 7.46. The Morgan fingerprint density at radius 3 is 1.42 bits per heavy atom. The maximum Gasteiger partial charge on any atom is 0.138 e. The summed E-state index contributed by atoms with van der Waals surface area (Å²) in [4.78, 5) is 0. The van der Waals surface area contributed by atoms with Crippen LogP contribution in [0.4, 0.5) is 11.4 Å². The molecule has 0 amide bonds. The summed E-state index contributed by atoms with van der Waals surface area (Å²) in [5.74, 6) is 0.571. The first-order chi connectivity index (χ1) is 11.4. The number of hydrogen-bond donors (Lipinski definition) is 6. The predicted octanol–water partition coefficient (Wildman–Crippen LogP) is 3.05. The Balaban J connectivity index is 0.000000180. The maximum atomic E-state index is 8.79. The topological polar surface area (TPSA) is 133 Å². The molecule has 0 spiro atoms. The first-order valence-corrected chi connectivity index (χ1v) is 6.94. The second-order valence-corrected chi connectivity index (χ2v) is 4.67. The summed E-state index contributed by atoms with van der Waals surface area (Å²) in [6.07, 6.45) is 0. The van der Waals surface area contributed by atoms with Gasteiger partial charge in [0, 0.05) is 11.8 Å². The summed E-state index contributed by atoms with van der Waals surface area (Å²) < 4.78 is 0. The van der Waals surface area contributed by atoms with Crippen LogP contribution in [0.3, 0.4) is 0 Å². The maximum absolute atomic E-state index is 8.79. The van der Waals surface area contributed by atoms with E-state index in [1.807, 2.05) is 0 Å². The molecule has 3 aromatic carbocycles. The third-order valence-electron chi connectivity index (χ3n) is 2.66. The van der Waals surface area contributed by atoms with Crippen LogP contribution >= 0.6 is 0 Å². The third-order valence-corrected chi connectivity index (χ3v) is 2.66. The minimum Gasteiger partial charge on any atom is -0.508 e. The highest BCUT2D eigenvalue weighted by Crippen LogP contribution is 2.16. The number of nitrogens with two attached hydrogens (primary N) is 2. The van der Waals surface area contributed by atoms with Gasteiger partial charge in [-0.25, -0.2) is 0 Å². The van der Waals surface area contributed by atoms with Crippen LogP contribution < -0.4 is 11.5 Å². The van der Waals surface area contributed by atoms with Gasteiger partial charge in [0.2, 0.25) is 0 Å². The van der Waals surface area contributed by atoms with Crippen molar-refractivity contribution in [2.75, 3.05) is 11.5 Å². The molecule has 24 heavy (non-hydrogen) atoms. The first-order valence-electron chi connectivity index (χ1n) is 6.94. The fraction of sp³-hybridized carbons (Fsp3) is 0. The minimum absolute atomic E-state index is 0.0880. The normalized spacial score (nSPS) is 9.00. The van der Waals surface area contributed by atoms with Crippen LogP contribution in [0.2, 0.25) is 0 Å².